The van der Waals surface area contributed by atoms with Gasteiger partial charge in [-0.2, -0.15) is 4.99 Å². The molecule has 0 unspecified atom stereocenters. The largest absolute Gasteiger partial charge is 0.318 e. The molecule has 0 aliphatic rings. The summed E-state index contributed by atoms with van der Waals surface area (Å²) in [5.41, 5.74) is 0.892. The minimum absolute atomic E-state index is 0.102. The van der Waals surface area contributed by atoms with Crippen LogP contribution in [0.5, 0.6) is 0 Å². The molecule has 0 saturated carbocycles. The van der Waals surface area contributed by atoms with Crippen molar-refractivity contribution in [3.63, 3.8) is 0 Å². The van der Waals surface area contributed by atoms with E-state index >= 15 is 0 Å². The first-order valence-corrected chi connectivity index (χ1v) is 11.1. The smallest absolute Gasteiger partial charge is 0.279 e. The van der Waals surface area contributed by atoms with Crippen molar-refractivity contribution in [2.45, 2.75) is 24.0 Å². The average Bonchev–Trinajstić information content (AvgIpc) is 2.96. The number of sulfone groups is 1. The lowest BCUT2D eigenvalue weighted by molar-refractivity contribution is 0.0997. The summed E-state index contributed by atoms with van der Waals surface area (Å²) >= 11 is 13.7. The number of hydrogen-bond donors (Lipinski definition) is 0. The van der Waals surface area contributed by atoms with Crippen LogP contribution in [0.15, 0.2) is 46.3 Å². The van der Waals surface area contributed by atoms with Crippen molar-refractivity contribution in [1.29, 1.82) is 0 Å². The molecule has 2 aromatic carbocycles. The van der Waals surface area contributed by atoms with Crippen LogP contribution >= 0.6 is 34.5 Å². The number of hydrogen-bond acceptors (Lipinski definition) is 4. The molecule has 0 spiro atoms. The molecule has 1 aromatic heterocycles. The van der Waals surface area contributed by atoms with Crippen molar-refractivity contribution < 1.29 is 13.2 Å². The molecule has 0 fully saturated rings. The number of nitrogens with zero attached hydrogens (tertiary/aromatic N) is 2. The second-order valence-corrected chi connectivity index (χ2v) is 10.5. The third-order valence-corrected chi connectivity index (χ3v) is 8.13. The summed E-state index contributed by atoms with van der Waals surface area (Å²) in [5, 5.41) is 0.450. The van der Waals surface area contributed by atoms with Gasteiger partial charge in [-0.25, -0.2) is 8.42 Å². The Morgan fingerprint density at radius 2 is 1.81 bits per heavy atom. The first-order chi connectivity index (χ1) is 12.6. The number of aromatic nitrogens is 1. The fraction of sp³-hybridized carbons (Fsp3) is 0.222. The van der Waals surface area contributed by atoms with Gasteiger partial charge >= 0.3 is 0 Å². The van der Waals surface area contributed by atoms with Gasteiger partial charge in [0.15, 0.2) is 14.6 Å². The summed E-state index contributed by atoms with van der Waals surface area (Å²) in [6, 6.07) is 9.29. The minimum Gasteiger partial charge on any atom is -0.318 e. The Labute approximate surface area is 170 Å². The number of rotatable bonds is 3. The van der Waals surface area contributed by atoms with Gasteiger partial charge in [0.1, 0.15) is 0 Å². The Morgan fingerprint density at radius 3 is 2.44 bits per heavy atom. The number of thiazole rings is 1. The minimum atomic E-state index is -3.48. The van der Waals surface area contributed by atoms with Gasteiger partial charge in [0.2, 0.25) is 0 Å². The van der Waals surface area contributed by atoms with E-state index in [0.29, 0.717) is 20.4 Å². The van der Waals surface area contributed by atoms with Gasteiger partial charge in [0.25, 0.3) is 5.91 Å². The van der Waals surface area contributed by atoms with E-state index in [1.807, 2.05) is 0 Å². The monoisotopic (exact) mass is 442 g/mol. The molecule has 9 heteroatoms. The SMILES string of the molecule is CC(C)S(=O)(=O)c1cccc(C(=O)N=c2sc3c(Cl)ccc(Cl)c3n2C)c1. The summed E-state index contributed by atoms with van der Waals surface area (Å²) in [5.74, 6) is -0.537. The van der Waals surface area contributed by atoms with Crippen LogP contribution in [0.4, 0.5) is 0 Å². The van der Waals surface area contributed by atoms with Crippen molar-refractivity contribution in [2.24, 2.45) is 12.0 Å². The molecular weight excluding hydrogens is 427 g/mol. The Balaban J connectivity index is 2.11. The van der Waals surface area contributed by atoms with Crippen molar-refractivity contribution >= 4 is 60.5 Å². The van der Waals surface area contributed by atoms with Crippen LogP contribution in [0, 0.1) is 0 Å². The first kappa shape index (κ1) is 20.1. The highest BCUT2D eigenvalue weighted by molar-refractivity contribution is 7.92. The Kier molecular flexibility index (Phi) is 5.49. The van der Waals surface area contributed by atoms with E-state index in [0.717, 1.165) is 4.70 Å². The van der Waals surface area contributed by atoms with Crippen molar-refractivity contribution in [3.05, 3.63) is 56.8 Å². The number of halogens is 2. The molecule has 0 radical (unpaired) electrons. The second kappa shape index (κ2) is 7.39. The summed E-state index contributed by atoms with van der Waals surface area (Å²) in [6.07, 6.45) is 0. The molecule has 3 aromatic rings. The van der Waals surface area contributed by atoms with Gasteiger partial charge in [0.05, 0.1) is 30.4 Å². The predicted molar refractivity (Wildman–Crippen MR) is 109 cm³/mol. The van der Waals surface area contributed by atoms with Gasteiger partial charge in [-0.1, -0.05) is 40.6 Å². The van der Waals surface area contributed by atoms with Gasteiger partial charge in [-0.15, -0.1) is 0 Å². The lowest BCUT2D eigenvalue weighted by atomic mass is 10.2. The van der Waals surface area contributed by atoms with E-state index in [2.05, 4.69) is 4.99 Å². The van der Waals surface area contributed by atoms with Crippen LogP contribution < -0.4 is 4.80 Å². The van der Waals surface area contributed by atoms with Gasteiger partial charge in [-0.3, -0.25) is 4.79 Å². The third kappa shape index (κ3) is 3.69. The second-order valence-electron chi connectivity index (χ2n) is 6.19. The quantitative estimate of drug-likeness (QED) is 0.600. The van der Waals surface area contributed by atoms with E-state index in [-0.39, 0.29) is 10.5 Å². The van der Waals surface area contributed by atoms with Gasteiger partial charge in [-0.05, 0) is 44.2 Å². The van der Waals surface area contributed by atoms with Crippen LogP contribution in [0.1, 0.15) is 24.2 Å². The molecule has 0 atom stereocenters. The summed E-state index contributed by atoms with van der Waals surface area (Å²) in [6.45, 7) is 3.19. The average molecular weight is 443 g/mol. The van der Waals surface area contributed by atoms with E-state index in [4.69, 9.17) is 23.2 Å². The maximum absolute atomic E-state index is 12.6. The molecule has 27 heavy (non-hydrogen) atoms. The fourth-order valence-corrected chi connectivity index (χ4v) is 5.28. The predicted octanol–water partition coefficient (Wildman–Crippen LogP) is 4.47. The van der Waals surface area contributed by atoms with Crippen LogP contribution in [-0.2, 0) is 16.9 Å². The molecule has 0 N–H and O–H groups in total. The van der Waals surface area contributed by atoms with Crippen LogP contribution in [-0.4, -0.2) is 24.1 Å². The molecule has 0 bridgehead atoms. The van der Waals surface area contributed by atoms with Crippen molar-refractivity contribution in [2.75, 3.05) is 0 Å². The Hall–Kier alpha value is -1.67. The van der Waals surface area contributed by atoms with Crippen LogP contribution in [0.2, 0.25) is 10.0 Å². The number of fused-ring (bicyclic) bond motifs is 1. The lowest BCUT2D eigenvalue weighted by Crippen LogP contribution is -2.15. The molecule has 0 aliphatic carbocycles. The fourth-order valence-electron chi connectivity index (χ4n) is 2.52. The zero-order valence-corrected chi connectivity index (χ0v) is 17.9. The standard InChI is InChI=1S/C18H16Cl2N2O3S2/c1-10(2)27(24,25)12-6-4-5-11(9-12)17(23)21-18-22(3)15-13(19)7-8-14(20)16(15)26-18/h4-10H,1-3H3. The van der Waals surface area contributed by atoms with Gasteiger partial charge in [0, 0.05) is 12.6 Å². The molecule has 1 heterocycles. The molecule has 0 aliphatic heterocycles. The van der Waals surface area contributed by atoms with E-state index in [9.17, 15) is 13.2 Å². The highest BCUT2D eigenvalue weighted by Crippen LogP contribution is 2.31. The number of aryl methyl sites for hydroxylation is 1. The third-order valence-electron chi connectivity index (χ3n) is 4.08. The number of benzene rings is 2. The molecule has 1 amide bonds. The summed E-state index contributed by atoms with van der Waals surface area (Å²) in [7, 11) is -1.73. The van der Waals surface area contributed by atoms with Crippen molar-refractivity contribution in [3.8, 4) is 0 Å². The Bertz CT molecular complexity index is 1230. The molecule has 3 rings (SSSR count). The summed E-state index contributed by atoms with van der Waals surface area (Å²) < 4.78 is 27.1. The molecule has 0 saturated heterocycles. The highest BCUT2D eigenvalue weighted by atomic mass is 35.5. The maximum Gasteiger partial charge on any atom is 0.279 e. The first-order valence-electron chi connectivity index (χ1n) is 7.99. The number of carbonyl (C=O) groups excluding carboxylic acids is 1. The number of carbonyl (C=O) groups is 1. The molecule has 142 valence electrons. The lowest BCUT2D eigenvalue weighted by Gasteiger charge is -2.08. The maximum atomic E-state index is 12.6. The Morgan fingerprint density at radius 1 is 1.15 bits per heavy atom. The molecular formula is C18H16Cl2N2O3S2. The van der Waals surface area contributed by atoms with Crippen molar-refractivity contribution in [1.82, 2.24) is 4.57 Å². The zero-order chi connectivity index (χ0) is 19.9. The topological polar surface area (TPSA) is 68.5 Å². The number of amides is 1. The van der Waals surface area contributed by atoms with Crippen LogP contribution in [0.3, 0.4) is 0 Å². The van der Waals surface area contributed by atoms with E-state index in [1.54, 1.807) is 43.7 Å². The summed E-state index contributed by atoms with van der Waals surface area (Å²) in [4.78, 5) is 17.3. The molecule has 5 nitrogen and oxygen atoms in total. The zero-order valence-electron chi connectivity index (χ0n) is 14.7. The highest BCUT2D eigenvalue weighted by Gasteiger charge is 2.20. The van der Waals surface area contributed by atoms with Crippen LogP contribution in [0.25, 0.3) is 10.2 Å². The van der Waals surface area contributed by atoms with Gasteiger partial charge < -0.3 is 4.57 Å². The van der Waals surface area contributed by atoms with E-state index in [1.165, 1.54) is 29.5 Å². The van der Waals surface area contributed by atoms with E-state index < -0.39 is 21.0 Å². The normalized spacial score (nSPS) is 12.9.